The van der Waals surface area contributed by atoms with Crippen molar-refractivity contribution in [3.63, 3.8) is 0 Å². The van der Waals surface area contributed by atoms with E-state index in [0.717, 1.165) is 48.7 Å². The molecule has 0 unspecified atom stereocenters. The second-order valence-electron chi connectivity index (χ2n) is 9.65. The van der Waals surface area contributed by atoms with Crippen LogP contribution in [-0.4, -0.2) is 23.0 Å². The maximum absolute atomic E-state index is 4.70. The number of benzene rings is 5. The average molecular weight is 547 g/mol. The van der Waals surface area contributed by atoms with Crippen LogP contribution in [0.2, 0.25) is 0 Å². The highest BCUT2D eigenvalue weighted by atomic mass is 32.1. The zero-order valence-corrected chi connectivity index (χ0v) is 24.6. The summed E-state index contributed by atoms with van der Waals surface area (Å²) in [7, 11) is 0. The minimum absolute atomic E-state index is 0.827. The Morgan fingerprint density at radius 3 is 0.833 bits per heavy atom. The number of fused-ring (bicyclic) bond motifs is 4. The smallest absolute Gasteiger partial charge is 0.00569 e. The molecule has 0 aliphatic rings. The molecule has 0 N–H and O–H groups in total. The van der Waals surface area contributed by atoms with Crippen molar-refractivity contribution in [1.29, 1.82) is 0 Å². The fraction of sp³-hybridized carbons (Fsp3) is 0.312. The van der Waals surface area contributed by atoms with Gasteiger partial charge in [-0.1, -0.05) is 48.5 Å². The minimum Gasteiger partial charge on any atom is -0.179 e. The summed E-state index contributed by atoms with van der Waals surface area (Å²) in [6.45, 7) is 4.71. The van der Waals surface area contributed by atoms with Crippen LogP contribution < -0.4 is 0 Å². The molecule has 0 fully saturated rings. The predicted octanol–water partition coefficient (Wildman–Crippen LogP) is 8.81. The lowest BCUT2D eigenvalue weighted by Gasteiger charge is -2.25. The van der Waals surface area contributed by atoms with Crippen molar-refractivity contribution in [2.24, 2.45) is 0 Å². The lowest BCUT2D eigenvalue weighted by atomic mass is 9.79. The zero-order chi connectivity index (χ0) is 25.4. The van der Waals surface area contributed by atoms with Crippen molar-refractivity contribution >= 4 is 93.6 Å². The van der Waals surface area contributed by atoms with Gasteiger partial charge in [-0.2, -0.15) is 50.5 Å². The quantitative estimate of drug-likeness (QED) is 0.108. The fourth-order valence-electron chi connectivity index (χ4n) is 6.55. The van der Waals surface area contributed by atoms with Gasteiger partial charge in [0.05, 0.1) is 0 Å². The molecule has 186 valence electrons. The molecule has 0 saturated heterocycles. The van der Waals surface area contributed by atoms with E-state index >= 15 is 0 Å². The Balaban J connectivity index is 2.16. The molecule has 0 amide bonds. The van der Waals surface area contributed by atoms with Gasteiger partial charge in [-0.25, -0.2) is 0 Å². The summed E-state index contributed by atoms with van der Waals surface area (Å²) in [4.78, 5) is 0. The second kappa shape index (κ2) is 11.1. The molecule has 4 heteroatoms. The molecule has 0 nitrogen and oxygen atoms in total. The Labute approximate surface area is 236 Å². The van der Waals surface area contributed by atoms with E-state index in [0.29, 0.717) is 0 Å². The summed E-state index contributed by atoms with van der Waals surface area (Å²) in [6, 6.07) is 17.9. The van der Waals surface area contributed by atoms with Gasteiger partial charge in [0, 0.05) is 0 Å². The van der Waals surface area contributed by atoms with Crippen LogP contribution in [-0.2, 0) is 25.7 Å². The van der Waals surface area contributed by atoms with E-state index < -0.39 is 0 Å². The maximum atomic E-state index is 4.70. The molecular weight excluding hydrogens is 513 g/mol. The zero-order valence-electron chi connectivity index (χ0n) is 21.1. The molecule has 0 radical (unpaired) electrons. The Morgan fingerprint density at radius 2 is 0.639 bits per heavy atom. The van der Waals surface area contributed by atoms with Crippen LogP contribution in [0.5, 0.6) is 0 Å². The van der Waals surface area contributed by atoms with Gasteiger partial charge in [0.2, 0.25) is 0 Å². The summed E-state index contributed by atoms with van der Waals surface area (Å²) in [5.41, 5.74) is 8.53. The standard InChI is InChI=1S/C32H34S4/c1-19-29-25(11-15-33)21-7-3-5-9-23(21)27(13-17-35)31(29)20(2)32-28(14-18-36)24-10-6-4-8-22(24)26(12-16-34)30(19)32/h3-10,33-36H,11-18H2,1-2H3. The summed E-state index contributed by atoms with van der Waals surface area (Å²) in [5, 5.41) is 11.2. The SMILES string of the molecule is Cc1c2c(CCS)c3ccccc3c(CCS)c2c(C)c2c(CCS)c3ccccc3c(CCS)c12. The third-order valence-electron chi connectivity index (χ3n) is 7.81. The van der Waals surface area contributed by atoms with E-state index in [1.165, 1.54) is 76.5 Å². The fourth-order valence-corrected chi connectivity index (χ4v) is 7.45. The van der Waals surface area contributed by atoms with Crippen molar-refractivity contribution in [2.45, 2.75) is 39.5 Å². The van der Waals surface area contributed by atoms with Gasteiger partial charge in [-0.3, -0.25) is 0 Å². The molecule has 0 bridgehead atoms. The number of hydrogen-bond acceptors (Lipinski definition) is 4. The van der Waals surface area contributed by atoms with E-state index in [2.05, 4.69) is 62.4 Å². The lowest BCUT2D eigenvalue weighted by Crippen LogP contribution is -2.06. The molecule has 5 rings (SSSR count). The molecule has 36 heavy (non-hydrogen) atoms. The van der Waals surface area contributed by atoms with Crippen LogP contribution in [0.1, 0.15) is 33.4 Å². The summed E-state index contributed by atoms with van der Waals surface area (Å²) in [5.74, 6) is 3.31. The van der Waals surface area contributed by atoms with Crippen LogP contribution in [0.15, 0.2) is 48.5 Å². The molecule has 0 saturated carbocycles. The Bertz CT molecular complexity index is 1360. The number of hydrogen-bond donors (Lipinski definition) is 4. The van der Waals surface area contributed by atoms with Crippen LogP contribution in [0.4, 0.5) is 0 Å². The highest BCUT2D eigenvalue weighted by Gasteiger charge is 2.23. The van der Waals surface area contributed by atoms with Gasteiger partial charge in [-0.05, 0) is 139 Å². The Hall–Kier alpha value is -1.46. The number of rotatable bonds is 8. The topological polar surface area (TPSA) is 0 Å². The van der Waals surface area contributed by atoms with Crippen LogP contribution in [0.3, 0.4) is 0 Å². The minimum atomic E-state index is 0.827. The first kappa shape index (κ1) is 26.2. The monoisotopic (exact) mass is 546 g/mol. The van der Waals surface area contributed by atoms with E-state index in [-0.39, 0.29) is 0 Å². The number of aryl methyl sites for hydroxylation is 6. The molecule has 0 spiro atoms. The highest BCUT2D eigenvalue weighted by molar-refractivity contribution is 7.80. The lowest BCUT2D eigenvalue weighted by molar-refractivity contribution is 1.16. The normalized spacial score (nSPS) is 11.9. The first-order chi connectivity index (χ1) is 17.6. The van der Waals surface area contributed by atoms with E-state index in [9.17, 15) is 0 Å². The molecular formula is C32H34S4. The third-order valence-corrected chi connectivity index (χ3v) is 8.70. The van der Waals surface area contributed by atoms with Crippen molar-refractivity contribution in [1.82, 2.24) is 0 Å². The van der Waals surface area contributed by atoms with Gasteiger partial charge in [0.25, 0.3) is 0 Å². The molecule has 5 aromatic rings. The molecule has 0 aliphatic heterocycles. The predicted molar refractivity (Wildman–Crippen MR) is 176 cm³/mol. The van der Waals surface area contributed by atoms with E-state index in [1.54, 1.807) is 0 Å². The number of thiol groups is 4. The van der Waals surface area contributed by atoms with E-state index in [4.69, 9.17) is 50.5 Å². The average Bonchev–Trinajstić information content (AvgIpc) is 2.89. The molecule has 0 aliphatic carbocycles. The van der Waals surface area contributed by atoms with Gasteiger partial charge in [0.15, 0.2) is 0 Å². The first-order valence-electron chi connectivity index (χ1n) is 12.8. The first-order valence-corrected chi connectivity index (χ1v) is 15.4. The maximum Gasteiger partial charge on any atom is -0.00569 e. The van der Waals surface area contributed by atoms with Crippen LogP contribution >= 0.6 is 50.5 Å². The molecule has 0 aromatic heterocycles. The summed E-state index contributed by atoms with van der Waals surface area (Å²) in [6.07, 6.45) is 3.80. The van der Waals surface area contributed by atoms with Crippen LogP contribution in [0.25, 0.3) is 43.1 Å². The van der Waals surface area contributed by atoms with Crippen LogP contribution in [0, 0.1) is 13.8 Å². The van der Waals surface area contributed by atoms with Gasteiger partial charge < -0.3 is 0 Å². The Morgan fingerprint density at radius 1 is 0.417 bits per heavy atom. The largest absolute Gasteiger partial charge is 0.179 e. The second-order valence-corrected chi connectivity index (χ2v) is 11.4. The van der Waals surface area contributed by atoms with Crippen molar-refractivity contribution in [3.05, 3.63) is 81.9 Å². The Kier molecular flexibility index (Phi) is 8.07. The van der Waals surface area contributed by atoms with Crippen molar-refractivity contribution in [2.75, 3.05) is 23.0 Å². The van der Waals surface area contributed by atoms with Gasteiger partial charge in [-0.15, -0.1) is 0 Å². The summed E-state index contributed by atoms with van der Waals surface area (Å²) < 4.78 is 0. The molecule has 0 heterocycles. The van der Waals surface area contributed by atoms with E-state index in [1.807, 2.05) is 0 Å². The van der Waals surface area contributed by atoms with Crippen molar-refractivity contribution in [3.8, 4) is 0 Å². The van der Waals surface area contributed by atoms with Gasteiger partial charge in [0.1, 0.15) is 0 Å². The third kappa shape index (κ3) is 4.13. The molecule has 5 aromatic carbocycles. The molecule has 0 atom stereocenters. The highest BCUT2D eigenvalue weighted by Crippen LogP contribution is 2.45. The summed E-state index contributed by atoms with van der Waals surface area (Å²) >= 11 is 18.8. The van der Waals surface area contributed by atoms with Gasteiger partial charge >= 0.3 is 0 Å². The van der Waals surface area contributed by atoms with Crippen molar-refractivity contribution < 1.29 is 0 Å².